The highest BCUT2D eigenvalue weighted by molar-refractivity contribution is 6.53. The smallest absolute Gasteiger partial charge is 0.338 e. The van der Waals surface area contributed by atoms with Gasteiger partial charge in [0.15, 0.2) is 0 Å². The van der Waals surface area contributed by atoms with Gasteiger partial charge in [0.2, 0.25) is 0 Å². The number of imide groups is 1. The molecule has 4 rings (SSSR count). The molecule has 3 aromatic carbocycles. The third kappa shape index (κ3) is 5.66. The van der Waals surface area contributed by atoms with Crippen molar-refractivity contribution in [3.8, 4) is 0 Å². The average Bonchev–Trinajstić information content (AvgIpc) is 3.07. The summed E-state index contributed by atoms with van der Waals surface area (Å²) in [7, 11) is 0. The first-order valence-electron chi connectivity index (χ1n) is 11.2. The molecule has 1 aliphatic heterocycles. The van der Waals surface area contributed by atoms with E-state index < -0.39 is 23.7 Å². The SMILES string of the molecule is CC(C)OC(=O)c1ccc(NC(=O)c2cccc(NC3=C(Cl)C(=O)N(c4ccccc4Cl)C3=O)c2)cc1. The van der Waals surface area contributed by atoms with Gasteiger partial charge in [0, 0.05) is 16.9 Å². The predicted molar refractivity (Wildman–Crippen MR) is 142 cm³/mol. The molecule has 37 heavy (non-hydrogen) atoms. The fraction of sp³-hybridized carbons (Fsp3) is 0.111. The Balaban J connectivity index is 1.47. The highest BCUT2D eigenvalue weighted by Gasteiger charge is 2.39. The van der Waals surface area contributed by atoms with E-state index in [1.165, 1.54) is 12.1 Å². The maximum atomic E-state index is 13.0. The fourth-order valence-electron chi connectivity index (χ4n) is 3.52. The van der Waals surface area contributed by atoms with Gasteiger partial charge in [-0.25, -0.2) is 9.69 Å². The molecule has 0 unspecified atom stereocenters. The van der Waals surface area contributed by atoms with Crippen molar-refractivity contribution in [2.45, 2.75) is 20.0 Å². The summed E-state index contributed by atoms with van der Waals surface area (Å²) >= 11 is 12.4. The molecule has 0 spiro atoms. The summed E-state index contributed by atoms with van der Waals surface area (Å²) in [5, 5.41) is 5.52. The van der Waals surface area contributed by atoms with Gasteiger partial charge in [-0.05, 0) is 68.4 Å². The van der Waals surface area contributed by atoms with Gasteiger partial charge in [0.05, 0.1) is 22.4 Å². The topological polar surface area (TPSA) is 105 Å². The van der Waals surface area contributed by atoms with Crippen LogP contribution in [-0.2, 0) is 14.3 Å². The van der Waals surface area contributed by atoms with Crippen molar-refractivity contribution >= 4 is 64.0 Å². The lowest BCUT2D eigenvalue weighted by Crippen LogP contribution is -2.32. The minimum atomic E-state index is -0.711. The number of carbonyl (C=O) groups excluding carboxylic acids is 4. The van der Waals surface area contributed by atoms with Crippen molar-refractivity contribution in [1.29, 1.82) is 0 Å². The van der Waals surface area contributed by atoms with Crippen LogP contribution in [-0.4, -0.2) is 29.8 Å². The van der Waals surface area contributed by atoms with Crippen LogP contribution in [0.15, 0.2) is 83.5 Å². The lowest BCUT2D eigenvalue weighted by molar-refractivity contribution is -0.120. The van der Waals surface area contributed by atoms with Gasteiger partial charge in [0.1, 0.15) is 10.7 Å². The van der Waals surface area contributed by atoms with Gasteiger partial charge in [-0.3, -0.25) is 14.4 Å². The van der Waals surface area contributed by atoms with Crippen LogP contribution in [0, 0.1) is 0 Å². The summed E-state index contributed by atoms with van der Waals surface area (Å²) in [6.07, 6.45) is -0.240. The van der Waals surface area contributed by atoms with Crippen LogP contribution in [0.25, 0.3) is 0 Å². The molecule has 2 N–H and O–H groups in total. The van der Waals surface area contributed by atoms with E-state index in [2.05, 4.69) is 10.6 Å². The molecule has 0 aliphatic carbocycles. The summed E-state index contributed by atoms with van der Waals surface area (Å²) in [6.45, 7) is 3.52. The Kier molecular flexibility index (Phi) is 7.61. The standard InChI is InChI=1S/C27H21Cl2N3O5/c1-15(2)37-27(36)16-10-12-18(13-11-16)31-24(33)17-6-5-7-19(14-17)30-23-22(29)25(34)32(26(23)35)21-9-4-3-8-20(21)28/h3-15,30H,1-2H3,(H,31,33). The molecule has 0 bridgehead atoms. The normalized spacial score (nSPS) is 13.3. The molecule has 0 radical (unpaired) electrons. The van der Waals surface area contributed by atoms with Crippen molar-refractivity contribution in [3.63, 3.8) is 0 Å². The van der Waals surface area contributed by atoms with Crippen LogP contribution < -0.4 is 15.5 Å². The zero-order chi connectivity index (χ0) is 26.7. The van der Waals surface area contributed by atoms with Crippen molar-refractivity contribution in [2.75, 3.05) is 15.5 Å². The number of anilines is 3. The van der Waals surface area contributed by atoms with Crippen LogP contribution in [0.2, 0.25) is 5.02 Å². The first-order chi connectivity index (χ1) is 17.7. The maximum Gasteiger partial charge on any atom is 0.338 e. The number of halogens is 2. The molecular formula is C27H21Cl2N3O5. The van der Waals surface area contributed by atoms with Crippen LogP contribution in [0.5, 0.6) is 0 Å². The third-order valence-electron chi connectivity index (χ3n) is 5.24. The average molecular weight is 538 g/mol. The van der Waals surface area contributed by atoms with E-state index in [1.807, 2.05) is 0 Å². The lowest BCUT2D eigenvalue weighted by atomic mass is 10.1. The second kappa shape index (κ2) is 10.9. The number of esters is 1. The number of amides is 3. The summed E-state index contributed by atoms with van der Waals surface area (Å²) in [5.74, 6) is -2.26. The monoisotopic (exact) mass is 537 g/mol. The van der Waals surface area contributed by atoms with E-state index in [1.54, 1.807) is 74.5 Å². The number of ether oxygens (including phenoxy) is 1. The van der Waals surface area contributed by atoms with Crippen molar-refractivity contribution < 1.29 is 23.9 Å². The molecule has 1 heterocycles. The third-order valence-corrected chi connectivity index (χ3v) is 5.91. The van der Waals surface area contributed by atoms with Gasteiger partial charge in [-0.2, -0.15) is 0 Å². The van der Waals surface area contributed by atoms with Gasteiger partial charge in [-0.1, -0.05) is 41.4 Å². The first kappa shape index (κ1) is 25.9. The Morgan fingerprint density at radius 3 is 2.22 bits per heavy atom. The maximum absolute atomic E-state index is 13.0. The number of benzene rings is 3. The molecule has 0 saturated heterocycles. The summed E-state index contributed by atoms with van der Waals surface area (Å²) < 4.78 is 5.15. The van der Waals surface area contributed by atoms with Crippen LogP contribution >= 0.6 is 23.2 Å². The number of hydrogen-bond acceptors (Lipinski definition) is 6. The van der Waals surface area contributed by atoms with Crippen molar-refractivity contribution in [2.24, 2.45) is 0 Å². The molecule has 0 atom stereocenters. The number of nitrogens with one attached hydrogen (secondary N) is 2. The number of rotatable bonds is 7. The number of para-hydroxylation sites is 1. The molecule has 8 nitrogen and oxygen atoms in total. The molecule has 3 aromatic rings. The fourth-order valence-corrected chi connectivity index (χ4v) is 3.95. The molecule has 1 aliphatic rings. The quantitative estimate of drug-likeness (QED) is 0.300. The minimum absolute atomic E-state index is 0.131. The Bertz CT molecular complexity index is 1430. The summed E-state index contributed by atoms with van der Waals surface area (Å²) in [6, 6.07) is 19.0. The van der Waals surface area contributed by atoms with Gasteiger partial charge < -0.3 is 15.4 Å². The Hall–Kier alpha value is -4.14. The van der Waals surface area contributed by atoms with Crippen LogP contribution in [0.3, 0.4) is 0 Å². The molecule has 0 aromatic heterocycles. The molecule has 3 amide bonds. The van der Waals surface area contributed by atoms with Crippen LogP contribution in [0.1, 0.15) is 34.6 Å². The zero-order valence-corrected chi connectivity index (χ0v) is 21.3. The molecular weight excluding hydrogens is 517 g/mol. The zero-order valence-electron chi connectivity index (χ0n) is 19.7. The summed E-state index contributed by atoms with van der Waals surface area (Å²) in [5.41, 5.74) is 1.57. The predicted octanol–water partition coefficient (Wildman–Crippen LogP) is 5.59. The minimum Gasteiger partial charge on any atom is -0.459 e. The van der Waals surface area contributed by atoms with Crippen molar-refractivity contribution in [1.82, 2.24) is 0 Å². The van der Waals surface area contributed by atoms with Crippen molar-refractivity contribution in [3.05, 3.63) is 99.7 Å². The molecule has 0 saturated carbocycles. The number of nitrogens with zero attached hydrogens (tertiary/aromatic N) is 1. The molecule has 10 heteroatoms. The van der Waals surface area contributed by atoms with E-state index in [9.17, 15) is 19.2 Å². The van der Waals surface area contributed by atoms with Gasteiger partial charge >= 0.3 is 5.97 Å². The van der Waals surface area contributed by atoms with E-state index >= 15 is 0 Å². The number of hydrogen-bond donors (Lipinski definition) is 2. The highest BCUT2D eigenvalue weighted by atomic mass is 35.5. The van der Waals surface area contributed by atoms with Gasteiger partial charge in [-0.15, -0.1) is 0 Å². The Morgan fingerprint density at radius 1 is 0.838 bits per heavy atom. The lowest BCUT2D eigenvalue weighted by Gasteiger charge is -2.16. The largest absolute Gasteiger partial charge is 0.459 e. The number of carbonyl (C=O) groups is 4. The van der Waals surface area contributed by atoms with E-state index in [-0.39, 0.29) is 33.1 Å². The van der Waals surface area contributed by atoms with Gasteiger partial charge in [0.25, 0.3) is 17.7 Å². The van der Waals surface area contributed by atoms with E-state index in [4.69, 9.17) is 27.9 Å². The first-order valence-corrected chi connectivity index (χ1v) is 11.9. The molecule has 0 fully saturated rings. The second-order valence-electron chi connectivity index (χ2n) is 8.28. The van der Waals surface area contributed by atoms with Crippen LogP contribution in [0.4, 0.5) is 17.1 Å². The second-order valence-corrected chi connectivity index (χ2v) is 9.06. The Labute approximate surface area is 222 Å². The molecule has 188 valence electrons. The summed E-state index contributed by atoms with van der Waals surface area (Å²) in [4.78, 5) is 51.4. The Morgan fingerprint density at radius 2 is 1.54 bits per heavy atom. The van der Waals surface area contributed by atoms with E-state index in [0.29, 0.717) is 16.9 Å². The van der Waals surface area contributed by atoms with E-state index in [0.717, 1.165) is 4.90 Å². The highest BCUT2D eigenvalue weighted by Crippen LogP contribution is 2.34.